The molecule has 1 heterocycles. The highest BCUT2D eigenvalue weighted by Crippen LogP contribution is 2.41. The van der Waals surface area contributed by atoms with Crippen LogP contribution < -0.4 is 5.32 Å². The van der Waals surface area contributed by atoms with Crippen molar-refractivity contribution in [1.29, 1.82) is 0 Å². The van der Waals surface area contributed by atoms with Gasteiger partial charge in [0.05, 0.1) is 0 Å². The van der Waals surface area contributed by atoms with E-state index in [0.717, 1.165) is 28.0 Å². The molecule has 1 aliphatic carbocycles. The number of hydrogen-bond donors (Lipinski definition) is 1. The zero-order valence-electron chi connectivity index (χ0n) is 15.9. The van der Waals surface area contributed by atoms with Gasteiger partial charge >= 0.3 is 6.03 Å². The van der Waals surface area contributed by atoms with Crippen LogP contribution in [0.3, 0.4) is 0 Å². The summed E-state index contributed by atoms with van der Waals surface area (Å²) in [6.45, 7) is 2.61. The summed E-state index contributed by atoms with van der Waals surface area (Å²) < 4.78 is 0. The third-order valence-electron chi connectivity index (χ3n) is 5.67. The Hall–Kier alpha value is -3.15. The first kappa shape index (κ1) is 18.2. The third kappa shape index (κ3) is 2.95. The van der Waals surface area contributed by atoms with Crippen LogP contribution >= 0.6 is 0 Å². The molecule has 4 amide bonds. The Kier molecular flexibility index (Phi) is 4.63. The van der Waals surface area contributed by atoms with E-state index >= 15 is 0 Å². The molecule has 6 nitrogen and oxygen atoms in total. The number of aryl methyl sites for hydroxylation is 1. The first-order valence-electron chi connectivity index (χ1n) is 9.59. The number of amides is 4. The van der Waals surface area contributed by atoms with Gasteiger partial charge in [-0.2, -0.15) is 0 Å². The normalized spacial score (nSPS) is 20.4. The molecule has 6 heteroatoms. The zero-order chi connectivity index (χ0) is 19.7. The van der Waals surface area contributed by atoms with Gasteiger partial charge in [-0.25, -0.2) is 4.79 Å². The van der Waals surface area contributed by atoms with Gasteiger partial charge in [-0.1, -0.05) is 54.6 Å². The molecule has 1 N–H and O–H groups in total. The van der Waals surface area contributed by atoms with Crippen LogP contribution in [-0.2, 0) is 28.1 Å². The predicted molar refractivity (Wildman–Crippen MR) is 104 cm³/mol. The molecule has 1 atom stereocenters. The summed E-state index contributed by atoms with van der Waals surface area (Å²) in [7, 11) is 0. The molecule has 0 aromatic heterocycles. The summed E-state index contributed by atoms with van der Waals surface area (Å²) in [5.41, 5.74) is 1.91. The molecule has 0 saturated carbocycles. The van der Waals surface area contributed by atoms with Crippen LogP contribution in [0.25, 0.3) is 0 Å². The molecular weight excluding hydrogens is 354 g/mol. The molecule has 144 valence electrons. The molecule has 1 spiro atoms. The summed E-state index contributed by atoms with van der Waals surface area (Å²) in [5, 5.41) is 2.86. The second-order valence-electron chi connectivity index (χ2n) is 7.28. The maximum absolute atomic E-state index is 13.2. The SMILES string of the molecule is CCN(Cc1ccccc1)C(=O)CN1C(=O)N[C@@]2(CCc3ccccc32)C1=O. The number of nitrogens with one attached hydrogen (secondary N) is 1. The number of hydrogen-bond acceptors (Lipinski definition) is 3. The molecule has 1 aliphatic heterocycles. The van der Waals surface area contributed by atoms with Crippen molar-refractivity contribution in [3.8, 4) is 0 Å². The average Bonchev–Trinajstić information content (AvgIpc) is 3.20. The van der Waals surface area contributed by atoms with Crippen molar-refractivity contribution in [3.05, 3.63) is 71.3 Å². The number of likely N-dealkylation sites (N-methyl/N-ethyl adjacent to an activating group) is 1. The number of fused-ring (bicyclic) bond motifs is 2. The van der Waals surface area contributed by atoms with Crippen LogP contribution in [0.5, 0.6) is 0 Å². The minimum Gasteiger partial charge on any atom is -0.337 e. The topological polar surface area (TPSA) is 69.7 Å². The molecule has 0 unspecified atom stereocenters. The predicted octanol–water partition coefficient (Wildman–Crippen LogP) is 2.43. The lowest BCUT2D eigenvalue weighted by molar-refractivity contribution is -0.139. The maximum Gasteiger partial charge on any atom is 0.325 e. The van der Waals surface area contributed by atoms with E-state index in [2.05, 4.69) is 5.32 Å². The molecule has 1 fully saturated rings. The molecule has 28 heavy (non-hydrogen) atoms. The standard InChI is InChI=1S/C22H23N3O3/c1-2-24(14-16-8-4-3-5-9-16)19(26)15-25-20(27)22(23-21(25)28)13-12-17-10-6-7-11-18(17)22/h3-11H,2,12-15H2,1H3,(H,23,28)/t22-/m1/s1. The molecule has 4 rings (SSSR count). The maximum atomic E-state index is 13.2. The quantitative estimate of drug-likeness (QED) is 0.814. The smallest absolute Gasteiger partial charge is 0.325 e. The van der Waals surface area contributed by atoms with Crippen molar-refractivity contribution in [2.75, 3.05) is 13.1 Å². The number of benzene rings is 2. The Morgan fingerprint density at radius 3 is 2.57 bits per heavy atom. The second kappa shape index (κ2) is 7.11. The summed E-state index contributed by atoms with van der Waals surface area (Å²) in [6.07, 6.45) is 1.27. The molecule has 1 saturated heterocycles. The fraction of sp³-hybridized carbons (Fsp3) is 0.318. The van der Waals surface area contributed by atoms with E-state index in [9.17, 15) is 14.4 Å². The van der Waals surface area contributed by atoms with E-state index in [0.29, 0.717) is 19.5 Å². The fourth-order valence-corrected chi connectivity index (χ4v) is 4.15. The van der Waals surface area contributed by atoms with Gasteiger partial charge in [-0.05, 0) is 36.5 Å². The van der Waals surface area contributed by atoms with E-state index in [1.165, 1.54) is 0 Å². The Balaban J connectivity index is 1.51. The van der Waals surface area contributed by atoms with Gasteiger partial charge in [0.2, 0.25) is 5.91 Å². The van der Waals surface area contributed by atoms with E-state index in [1.807, 2.05) is 61.5 Å². The first-order valence-corrected chi connectivity index (χ1v) is 9.59. The van der Waals surface area contributed by atoms with Gasteiger partial charge < -0.3 is 10.2 Å². The highest BCUT2D eigenvalue weighted by molar-refractivity contribution is 6.09. The summed E-state index contributed by atoms with van der Waals surface area (Å²) >= 11 is 0. The van der Waals surface area contributed by atoms with Gasteiger partial charge in [0, 0.05) is 13.1 Å². The van der Waals surface area contributed by atoms with Crippen molar-refractivity contribution in [2.24, 2.45) is 0 Å². The number of carbonyl (C=O) groups is 3. The van der Waals surface area contributed by atoms with Crippen LogP contribution in [-0.4, -0.2) is 40.7 Å². The molecule has 2 aromatic carbocycles. The Bertz CT molecular complexity index is 928. The van der Waals surface area contributed by atoms with Crippen molar-refractivity contribution < 1.29 is 14.4 Å². The number of carbonyl (C=O) groups excluding carboxylic acids is 3. The Morgan fingerprint density at radius 1 is 1.11 bits per heavy atom. The summed E-state index contributed by atoms with van der Waals surface area (Å²) in [6, 6.07) is 16.9. The van der Waals surface area contributed by atoms with Crippen LogP contribution in [0.2, 0.25) is 0 Å². The number of imide groups is 1. The fourth-order valence-electron chi connectivity index (χ4n) is 4.15. The molecular formula is C22H23N3O3. The van der Waals surface area contributed by atoms with Crippen LogP contribution in [0, 0.1) is 0 Å². The highest BCUT2D eigenvalue weighted by atomic mass is 16.2. The van der Waals surface area contributed by atoms with Gasteiger partial charge in [-0.15, -0.1) is 0 Å². The van der Waals surface area contributed by atoms with Crippen LogP contribution in [0.1, 0.15) is 30.0 Å². The average molecular weight is 377 g/mol. The van der Waals surface area contributed by atoms with Gasteiger partial charge in [0.15, 0.2) is 0 Å². The summed E-state index contributed by atoms with van der Waals surface area (Å²) in [4.78, 5) is 41.3. The molecule has 0 radical (unpaired) electrons. The van der Waals surface area contributed by atoms with Crippen molar-refractivity contribution >= 4 is 17.8 Å². The Labute approximate surface area is 164 Å². The summed E-state index contributed by atoms with van der Waals surface area (Å²) in [5.74, 6) is -0.565. The van der Waals surface area contributed by atoms with Crippen molar-refractivity contribution in [1.82, 2.24) is 15.1 Å². The van der Waals surface area contributed by atoms with Crippen molar-refractivity contribution in [3.63, 3.8) is 0 Å². The van der Waals surface area contributed by atoms with E-state index in [1.54, 1.807) is 4.90 Å². The minimum absolute atomic E-state index is 0.238. The van der Waals surface area contributed by atoms with Crippen molar-refractivity contribution in [2.45, 2.75) is 31.8 Å². The first-order chi connectivity index (χ1) is 13.5. The minimum atomic E-state index is -1.02. The number of nitrogens with zero attached hydrogens (tertiary/aromatic N) is 2. The molecule has 2 aromatic rings. The van der Waals surface area contributed by atoms with Gasteiger partial charge in [0.25, 0.3) is 5.91 Å². The van der Waals surface area contributed by atoms with Gasteiger partial charge in [0.1, 0.15) is 12.1 Å². The second-order valence-corrected chi connectivity index (χ2v) is 7.28. The third-order valence-corrected chi connectivity index (χ3v) is 5.67. The zero-order valence-corrected chi connectivity index (χ0v) is 15.9. The lowest BCUT2D eigenvalue weighted by Crippen LogP contribution is -2.44. The number of rotatable bonds is 5. The lowest BCUT2D eigenvalue weighted by atomic mass is 9.92. The van der Waals surface area contributed by atoms with E-state index < -0.39 is 11.6 Å². The highest BCUT2D eigenvalue weighted by Gasteiger charge is 2.55. The van der Waals surface area contributed by atoms with Gasteiger partial charge in [-0.3, -0.25) is 14.5 Å². The number of urea groups is 1. The molecule has 0 bridgehead atoms. The Morgan fingerprint density at radius 2 is 1.82 bits per heavy atom. The van der Waals surface area contributed by atoms with E-state index in [4.69, 9.17) is 0 Å². The largest absolute Gasteiger partial charge is 0.337 e. The monoisotopic (exact) mass is 377 g/mol. The van der Waals surface area contributed by atoms with E-state index in [-0.39, 0.29) is 18.4 Å². The van der Waals surface area contributed by atoms with Crippen LogP contribution in [0.15, 0.2) is 54.6 Å². The van der Waals surface area contributed by atoms with Crippen LogP contribution in [0.4, 0.5) is 4.79 Å². The molecule has 2 aliphatic rings. The lowest BCUT2D eigenvalue weighted by Gasteiger charge is -2.24.